The first kappa shape index (κ1) is 41.8. The van der Waals surface area contributed by atoms with Crippen molar-refractivity contribution in [2.75, 3.05) is 15.1 Å². The number of fused-ring (bicyclic) bond motifs is 6. The minimum Gasteiger partial charge on any atom is -0.454 e. The van der Waals surface area contributed by atoms with Crippen molar-refractivity contribution in [3.05, 3.63) is 267 Å². The normalized spacial score (nSPS) is 11.7. The van der Waals surface area contributed by atoms with E-state index in [4.69, 9.17) is 4.42 Å². The monoisotopic (exact) mass is 907 g/mol. The van der Waals surface area contributed by atoms with Crippen molar-refractivity contribution >= 4 is 85.6 Å². The number of benzene rings is 11. The maximum atomic E-state index is 7.10. The summed E-state index contributed by atoms with van der Waals surface area (Å²) in [4.78, 5) is 4.80. The van der Waals surface area contributed by atoms with Gasteiger partial charge in [-0.2, -0.15) is 0 Å². The molecule has 1 aromatic heterocycles. The van der Waals surface area contributed by atoms with E-state index in [1.54, 1.807) is 0 Å². The number of para-hydroxylation sites is 3. The fourth-order valence-electron chi connectivity index (χ4n) is 10.5. The molecule has 4 nitrogen and oxygen atoms in total. The maximum absolute atomic E-state index is 7.10. The van der Waals surface area contributed by atoms with Gasteiger partial charge < -0.3 is 19.5 Å². The molecule has 0 atom stereocenters. The highest BCUT2D eigenvalue weighted by Gasteiger charge is 2.33. The van der Waals surface area contributed by atoms with E-state index >= 15 is 0 Å². The molecule has 0 fully saturated rings. The number of hydrogen-bond acceptors (Lipinski definition) is 4. The zero-order chi connectivity index (χ0) is 47.1. The topological polar surface area (TPSA) is 31.6 Å². The fraction of sp³-hybridized carbons (Fsp3) is 0. The Labute approximate surface area is 414 Å². The van der Waals surface area contributed by atoms with Gasteiger partial charge >= 0.3 is 0 Å². The van der Waals surface area contributed by atoms with Gasteiger partial charge in [0, 0.05) is 56.1 Å². The molecular weight excluding hydrogens is 862 g/mol. The first-order chi connectivity index (χ1) is 35.2. The van der Waals surface area contributed by atoms with Crippen molar-refractivity contribution in [2.45, 2.75) is 0 Å². The van der Waals surface area contributed by atoms with E-state index < -0.39 is 0 Å². The van der Waals surface area contributed by atoms with Gasteiger partial charge in [0.25, 0.3) is 0 Å². The number of furan rings is 1. The van der Waals surface area contributed by atoms with Crippen molar-refractivity contribution in [3.8, 4) is 44.5 Å². The molecule has 0 aliphatic carbocycles. The van der Waals surface area contributed by atoms with Gasteiger partial charge in [-0.1, -0.05) is 194 Å². The molecule has 0 unspecified atom stereocenters. The van der Waals surface area contributed by atoms with Crippen molar-refractivity contribution in [1.82, 2.24) is 0 Å². The third-order valence-corrected chi connectivity index (χ3v) is 13.8. The molecule has 71 heavy (non-hydrogen) atoms. The van der Waals surface area contributed by atoms with Gasteiger partial charge in [0.05, 0.1) is 5.69 Å². The second kappa shape index (κ2) is 18.0. The molecular formula is C66H46BN3O. The van der Waals surface area contributed by atoms with Gasteiger partial charge in [-0.25, -0.2) is 0 Å². The van der Waals surface area contributed by atoms with Crippen LogP contribution in [0.3, 0.4) is 0 Å². The molecule has 334 valence electrons. The highest BCUT2D eigenvalue weighted by Crippen LogP contribution is 2.48. The molecule has 0 radical (unpaired) electrons. The molecule has 11 aromatic carbocycles. The highest BCUT2D eigenvalue weighted by atomic mass is 16.3. The molecule has 1 aliphatic heterocycles. The molecule has 12 aromatic rings. The van der Waals surface area contributed by atoms with Gasteiger partial charge in [0.1, 0.15) is 5.58 Å². The van der Waals surface area contributed by atoms with E-state index in [0.29, 0.717) is 7.28 Å². The zero-order valence-corrected chi connectivity index (χ0v) is 38.9. The summed E-state index contributed by atoms with van der Waals surface area (Å²) in [6, 6.07) is 95.6. The average Bonchev–Trinajstić information content (AvgIpc) is 3.82. The van der Waals surface area contributed by atoms with Crippen LogP contribution in [0, 0.1) is 0 Å². The molecule has 0 saturated carbocycles. The van der Waals surface area contributed by atoms with Crippen molar-refractivity contribution < 1.29 is 4.42 Å². The Morgan fingerprint density at radius 3 is 1.62 bits per heavy atom. The predicted octanol–water partition coefficient (Wildman–Crippen LogP) is 16.6. The smallest absolute Gasteiger partial charge is 0.198 e. The lowest BCUT2D eigenvalue weighted by Gasteiger charge is -2.35. The Hall–Kier alpha value is -9.32. The van der Waals surface area contributed by atoms with Crippen molar-refractivity contribution in [1.29, 1.82) is 0 Å². The van der Waals surface area contributed by atoms with Crippen LogP contribution >= 0.6 is 0 Å². The van der Waals surface area contributed by atoms with Gasteiger partial charge in [0.15, 0.2) is 12.9 Å². The van der Waals surface area contributed by atoms with Crippen LogP contribution in [-0.2, 0) is 0 Å². The summed E-state index contributed by atoms with van der Waals surface area (Å²) in [5, 5.41) is 6.16. The van der Waals surface area contributed by atoms with E-state index in [-0.39, 0.29) is 0 Å². The quantitative estimate of drug-likeness (QED) is 0.139. The Kier molecular flexibility index (Phi) is 10.6. The van der Waals surface area contributed by atoms with Crippen LogP contribution in [-0.4, -0.2) is 7.28 Å². The molecule has 0 saturated heterocycles. The molecule has 5 heteroatoms. The second-order valence-corrected chi connectivity index (χ2v) is 18.2. The zero-order valence-electron chi connectivity index (χ0n) is 38.9. The average molecular weight is 908 g/mol. The third-order valence-electron chi connectivity index (χ3n) is 13.8. The Balaban J connectivity index is 1.08. The maximum Gasteiger partial charge on any atom is 0.198 e. The van der Waals surface area contributed by atoms with Gasteiger partial charge in [-0.15, -0.1) is 0 Å². The molecule has 1 N–H and O–H groups in total. The van der Waals surface area contributed by atoms with Gasteiger partial charge in [-0.05, 0) is 123 Å². The Morgan fingerprint density at radius 1 is 0.394 bits per heavy atom. The van der Waals surface area contributed by atoms with Crippen LogP contribution in [0.4, 0.5) is 45.5 Å². The van der Waals surface area contributed by atoms with Crippen LogP contribution in [0.5, 0.6) is 0 Å². The fourth-order valence-corrected chi connectivity index (χ4v) is 10.5. The van der Waals surface area contributed by atoms with Crippen LogP contribution in [0.15, 0.2) is 271 Å². The standard InChI is InChI=1S/C66H46BN3O/c1-6-20-45(21-7-1)48-26-18-28-51(40-48)68-61-43-55(69(52-29-12-4-13-30-52)53-31-14-5-15-32-53)37-38-56(61)58-44-59-57-34-16-17-35-63(57)71-66(59)65-64(58)67-60-39-36-50(47-24-10-3-11-25-47)42-62(60)70(65)54-33-19-27-49(41-54)46-22-8-2-9-23-46/h1-44,67-68H. The van der Waals surface area contributed by atoms with E-state index in [9.17, 15) is 0 Å². The van der Waals surface area contributed by atoms with Gasteiger partial charge in [0.2, 0.25) is 0 Å². The van der Waals surface area contributed by atoms with E-state index in [1.807, 2.05) is 0 Å². The molecule has 13 rings (SSSR count). The molecule has 0 amide bonds. The summed E-state index contributed by atoms with van der Waals surface area (Å²) >= 11 is 0. The van der Waals surface area contributed by atoms with E-state index in [1.165, 1.54) is 27.6 Å². The number of anilines is 8. The molecule has 0 bridgehead atoms. The molecule has 2 heterocycles. The van der Waals surface area contributed by atoms with E-state index in [2.05, 4.69) is 282 Å². The van der Waals surface area contributed by atoms with E-state index in [0.717, 1.165) is 95.3 Å². The largest absolute Gasteiger partial charge is 0.454 e. The Morgan fingerprint density at radius 2 is 0.958 bits per heavy atom. The third kappa shape index (κ3) is 7.80. The molecule has 1 aliphatic rings. The lowest BCUT2D eigenvalue weighted by atomic mass is 9.57. The summed E-state index contributed by atoms with van der Waals surface area (Å²) in [6.45, 7) is 0. The minimum atomic E-state index is 0.696. The van der Waals surface area contributed by atoms with Gasteiger partial charge in [-0.3, -0.25) is 0 Å². The van der Waals surface area contributed by atoms with Crippen LogP contribution < -0.4 is 26.0 Å². The summed E-state index contributed by atoms with van der Waals surface area (Å²) in [5.74, 6) is 0. The predicted molar refractivity (Wildman–Crippen MR) is 301 cm³/mol. The first-order valence-corrected chi connectivity index (χ1v) is 24.3. The molecule has 0 spiro atoms. The highest BCUT2D eigenvalue weighted by molar-refractivity contribution is 6.74. The second-order valence-electron chi connectivity index (χ2n) is 18.2. The summed E-state index contributed by atoms with van der Waals surface area (Å²) in [7, 11) is 0.696. The van der Waals surface area contributed by atoms with Crippen LogP contribution in [0.25, 0.3) is 66.4 Å². The van der Waals surface area contributed by atoms with Crippen molar-refractivity contribution in [3.63, 3.8) is 0 Å². The summed E-state index contributed by atoms with van der Waals surface area (Å²) < 4.78 is 7.10. The first-order valence-electron chi connectivity index (χ1n) is 24.3. The summed E-state index contributed by atoms with van der Waals surface area (Å²) in [5.41, 5.74) is 21.8. The minimum absolute atomic E-state index is 0.696. The summed E-state index contributed by atoms with van der Waals surface area (Å²) in [6.07, 6.45) is 0. The Bertz CT molecular complexity index is 3840. The van der Waals surface area contributed by atoms with Crippen molar-refractivity contribution in [2.24, 2.45) is 0 Å². The lowest BCUT2D eigenvalue weighted by Crippen LogP contribution is -2.41. The number of rotatable bonds is 10. The number of hydrogen-bond donors (Lipinski definition) is 1. The number of nitrogens with one attached hydrogen (secondary N) is 1. The SMILES string of the molecule is B1c2ccc(-c3ccccc3)cc2N(c2cccc(-c3ccccc3)c2)c2c1c(-c1ccc(N(c3ccccc3)c3ccccc3)cc1Nc1cccc(-c3ccccc3)c1)cc1c2oc2ccccc21. The van der Waals surface area contributed by atoms with Crippen LogP contribution in [0.1, 0.15) is 0 Å². The van der Waals surface area contributed by atoms with Crippen LogP contribution in [0.2, 0.25) is 0 Å². The number of nitrogens with zero attached hydrogens (tertiary/aromatic N) is 2. The lowest BCUT2D eigenvalue weighted by molar-refractivity contribution is 0.669.